The number of pyridine rings is 1. The van der Waals surface area contributed by atoms with Gasteiger partial charge in [-0.3, -0.25) is 4.79 Å². The maximum atomic E-state index is 11.3. The number of aromatic nitrogens is 1. The fourth-order valence-corrected chi connectivity index (χ4v) is 2.35. The number of carbonyl (C=O) groups excluding carboxylic acids is 1. The molecule has 6 heteroatoms. The first-order valence-corrected chi connectivity index (χ1v) is 5.86. The molecule has 16 heavy (non-hydrogen) atoms. The van der Waals surface area contributed by atoms with Crippen LogP contribution in [0.15, 0.2) is 16.7 Å². The van der Waals surface area contributed by atoms with Gasteiger partial charge < -0.3 is 16.4 Å². The van der Waals surface area contributed by atoms with Crippen molar-refractivity contribution in [1.82, 2.24) is 4.98 Å². The quantitative estimate of drug-likeness (QED) is 0.844. The van der Waals surface area contributed by atoms with Crippen molar-refractivity contribution in [2.45, 2.75) is 18.9 Å². The molecule has 0 radical (unpaired) electrons. The molecule has 0 aromatic carbocycles. The number of rotatable bonds is 2. The fraction of sp³-hybridized carbons (Fsp3) is 0.400. The van der Waals surface area contributed by atoms with Crippen molar-refractivity contribution in [3.63, 3.8) is 0 Å². The van der Waals surface area contributed by atoms with E-state index in [1.54, 1.807) is 12.3 Å². The zero-order chi connectivity index (χ0) is 11.7. The predicted octanol–water partition coefficient (Wildman–Crippen LogP) is 0.880. The second-order valence-electron chi connectivity index (χ2n) is 3.82. The minimum absolute atomic E-state index is 0.282. The van der Waals surface area contributed by atoms with Crippen molar-refractivity contribution in [2.24, 2.45) is 5.73 Å². The highest BCUT2D eigenvalue weighted by Crippen LogP contribution is 2.29. The molecule has 1 unspecified atom stereocenters. The second kappa shape index (κ2) is 4.29. The lowest BCUT2D eigenvalue weighted by molar-refractivity contribution is -0.119. The lowest BCUT2D eigenvalue weighted by Crippen LogP contribution is -2.41. The summed E-state index contributed by atoms with van der Waals surface area (Å²) >= 11 is 3.30. The van der Waals surface area contributed by atoms with Crippen molar-refractivity contribution >= 4 is 33.3 Å². The number of hydrogen-bond donors (Lipinski definition) is 2. The van der Waals surface area contributed by atoms with Gasteiger partial charge >= 0.3 is 0 Å². The van der Waals surface area contributed by atoms with Crippen LogP contribution >= 0.6 is 15.9 Å². The number of primary amides is 1. The third-order valence-corrected chi connectivity index (χ3v) is 3.15. The molecular formula is C10H13BrN4O. The first-order chi connectivity index (χ1) is 7.59. The van der Waals surface area contributed by atoms with Crippen LogP contribution in [-0.2, 0) is 4.79 Å². The molecular weight excluding hydrogens is 272 g/mol. The van der Waals surface area contributed by atoms with Gasteiger partial charge in [0.25, 0.3) is 0 Å². The molecule has 1 atom stereocenters. The van der Waals surface area contributed by atoms with E-state index in [2.05, 4.69) is 20.9 Å². The van der Waals surface area contributed by atoms with E-state index in [1.165, 1.54) is 0 Å². The normalized spacial score (nSPS) is 20.1. The lowest BCUT2D eigenvalue weighted by atomic mass is 10.2. The van der Waals surface area contributed by atoms with Gasteiger partial charge in [0.2, 0.25) is 5.91 Å². The Morgan fingerprint density at radius 3 is 3.00 bits per heavy atom. The van der Waals surface area contributed by atoms with E-state index in [-0.39, 0.29) is 11.9 Å². The molecule has 5 nitrogen and oxygen atoms in total. The summed E-state index contributed by atoms with van der Waals surface area (Å²) in [4.78, 5) is 17.4. The van der Waals surface area contributed by atoms with E-state index in [1.807, 2.05) is 4.90 Å². The van der Waals surface area contributed by atoms with Crippen LogP contribution in [0.1, 0.15) is 12.8 Å². The molecule has 1 aromatic rings. The summed E-state index contributed by atoms with van der Waals surface area (Å²) < 4.78 is 0.823. The number of anilines is 2. The summed E-state index contributed by atoms with van der Waals surface area (Å²) in [5.41, 5.74) is 11.8. The van der Waals surface area contributed by atoms with Crippen molar-refractivity contribution in [1.29, 1.82) is 0 Å². The van der Waals surface area contributed by atoms with Crippen LogP contribution in [0.3, 0.4) is 0 Å². The Bertz CT molecular complexity index is 423. The van der Waals surface area contributed by atoms with E-state index in [0.717, 1.165) is 23.9 Å². The Kier molecular flexibility index (Phi) is 3.00. The largest absolute Gasteiger partial charge is 0.396 e. The number of nitrogens with two attached hydrogens (primary N) is 2. The van der Waals surface area contributed by atoms with Crippen LogP contribution in [0.5, 0.6) is 0 Å². The van der Waals surface area contributed by atoms with Crippen LogP contribution in [0, 0.1) is 0 Å². The lowest BCUT2D eigenvalue weighted by Gasteiger charge is -2.24. The smallest absolute Gasteiger partial charge is 0.240 e. The number of carbonyl (C=O) groups is 1. The summed E-state index contributed by atoms with van der Waals surface area (Å²) in [6.07, 6.45) is 3.37. The number of nitrogens with zero attached hydrogens (tertiary/aromatic N) is 2. The van der Waals surface area contributed by atoms with Gasteiger partial charge in [-0.1, -0.05) is 0 Å². The minimum atomic E-state index is -0.318. The molecule has 1 fully saturated rings. The third kappa shape index (κ3) is 1.97. The molecule has 0 aliphatic carbocycles. The number of amides is 1. The van der Waals surface area contributed by atoms with Crippen LogP contribution in [0.2, 0.25) is 0 Å². The summed E-state index contributed by atoms with van der Waals surface area (Å²) in [5, 5.41) is 0. The summed E-state index contributed by atoms with van der Waals surface area (Å²) in [6.45, 7) is 0.770. The van der Waals surface area contributed by atoms with Crippen LogP contribution in [-0.4, -0.2) is 23.5 Å². The van der Waals surface area contributed by atoms with Crippen molar-refractivity contribution < 1.29 is 4.79 Å². The van der Waals surface area contributed by atoms with Crippen LogP contribution in [0.25, 0.3) is 0 Å². The molecule has 1 aliphatic rings. The minimum Gasteiger partial charge on any atom is -0.396 e. The summed E-state index contributed by atoms with van der Waals surface area (Å²) in [5.74, 6) is 0.325. The highest BCUT2D eigenvalue weighted by Gasteiger charge is 2.30. The van der Waals surface area contributed by atoms with Gasteiger partial charge in [-0.15, -0.1) is 0 Å². The van der Waals surface area contributed by atoms with E-state index >= 15 is 0 Å². The monoisotopic (exact) mass is 284 g/mol. The first-order valence-electron chi connectivity index (χ1n) is 5.06. The summed E-state index contributed by atoms with van der Waals surface area (Å²) in [7, 11) is 0. The number of halogens is 1. The van der Waals surface area contributed by atoms with E-state index in [9.17, 15) is 4.79 Å². The van der Waals surface area contributed by atoms with Gasteiger partial charge in [0.15, 0.2) is 5.82 Å². The van der Waals surface area contributed by atoms with Crippen molar-refractivity contribution in [2.75, 3.05) is 17.2 Å². The SMILES string of the molecule is NC(=O)C1CCCN1c1ncc(Br)cc1N. The van der Waals surface area contributed by atoms with Gasteiger partial charge in [-0.2, -0.15) is 0 Å². The Labute approximate surface area is 102 Å². The summed E-state index contributed by atoms with van der Waals surface area (Å²) in [6, 6.07) is 1.49. The van der Waals surface area contributed by atoms with Gasteiger partial charge in [-0.05, 0) is 34.8 Å². The molecule has 0 saturated carbocycles. The van der Waals surface area contributed by atoms with Gasteiger partial charge in [0.1, 0.15) is 6.04 Å². The van der Waals surface area contributed by atoms with E-state index < -0.39 is 0 Å². The van der Waals surface area contributed by atoms with Crippen molar-refractivity contribution in [3.8, 4) is 0 Å². The second-order valence-corrected chi connectivity index (χ2v) is 4.74. The zero-order valence-corrected chi connectivity index (χ0v) is 10.3. The zero-order valence-electron chi connectivity index (χ0n) is 8.69. The Balaban J connectivity index is 2.32. The Morgan fingerprint density at radius 1 is 1.62 bits per heavy atom. The molecule has 1 amide bonds. The highest BCUT2D eigenvalue weighted by molar-refractivity contribution is 9.10. The average Bonchev–Trinajstić information content (AvgIpc) is 2.66. The number of hydrogen-bond acceptors (Lipinski definition) is 4. The Morgan fingerprint density at radius 2 is 2.38 bits per heavy atom. The fourth-order valence-electron chi connectivity index (χ4n) is 2.00. The van der Waals surface area contributed by atoms with Gasteiger partial charge in [-0.25, -0.2) is 4.98 Å². The number of nitrogen functional groups attached to an aromatic ring is 1. The molecule has 2 rings (SSSR count). The molecule has 1 aromatic heterocycles. The van der Waals surface area contributed by atoms with Crippen LogP contribution in [0.4, 0.5) is 11.5 Å². The average molecular weight is 285 g/mol. The topological polar surface area (TPSA) is 85.2 Å². The standard InChI is InChI=1S/C10H13BrN4O/c11-6-4-7(12)10(14-5-6)15-3-1-2-8(15)9(13)16/h4-5,8H,1-3,12H2,(H2,13,16). The van der Waals surface area contributed by atoms with Gasteiger partial charge in [0, 0.05) is 17.2 Å². The van der Waals surface area contributed by atoms with Crippen molar-refractivity contribution in [3.05, 3.63) is 16.7 Å². The predicted molar refractivity (Wildman–Crippen MR) is 65.9 cm³/mol. The van der Waals surface area contributed by atoms with E-state index in [0.29, 0.717) is 11.5 Å². The molecule has 0 spiro atoms. The molecule has 4 N–H and O–H groups in total. The highest BCUT2D eigenvalue weighted by atomic mass is 79.9. The Hall–Kier alpha value is -1.30. The molecule has 1 saturated heterocycles. The first kappa shape index (κ1) is 11.2. The molecule has 0 bridgehead atoms. The molecule has 2 heterocycles. The van der Waals surface area contributed by atoms with Gasteiger partial charge in [0.05, 0.1) is 5.69 Å². The maximum Gasteiger partial charge on any atom is 0.240 e. The third-order valence-electron chi connectivity index (χ3n) is 2.72. The van der Waals surface area contributed by atoms with E-state index in [4.69, 9.17) is 11.5 Å². The molecule has 86 valence electrons. The van der Waals surface area contributed by atoms with Crippen LogP contribution < -0.4 is 16.4 Å². The maximum absolute atomic E-state index is 11.3. The molecule has 1 aliphatic heterocycles.